The van der Waals surface area contributed by atoms with Crippen molar-refractivity contribution in [2.75, 3.05) is 12.8 Å². The van der Waals surface area contributed by atoms with Crippen molar-refractivity contribution in [2.45, 2.75) is 52.1 Å². The van der Waals surface area contributed by atoms with Crippen LogP contribution in [0.25, 0.3) is 0 Å². The molecule has 0 saturated heterocycles. The number of hydrogen-bond acceptors (Lipinski definition) is 4. The third kappa shape index (κ3) is 2.21. The highest BCUT2D eigenvalue weighted by Gasteiger charge is 2.39. The van der Waals surface area contributed by atoms with Crippen LogP contribution in [0.1, 0.15) is 49.7 Å². The lowest BCUT2D eigenvalue weighted by Gasteiger charge is -2.37. The molecule has 1 aliphatic rings. The van der Waals surface area contributed by atoms with E-state index in [0.717, 1.165) is 48.7 Å². The van der Waals surface area contributed by atoms with E-state index in [1.165, 1.54) is 0 Å². The Balaban J connectivity index is 2.39. The van der Waals surface area contributed by atoms with E-state index in [0.29, 0.717) is 5.82 Å². The van der Waals surface area contributed by atoms with Gasteiger partial charge >= 0.3 is 0 Å². The van der Waals surface area contributed by atoms with Crippen LogP contribution in [0.15, 0.2) is 0 Å². The summed E-state index contributed by atoms with van der Waals surface area (Å²) in [6.07, 6.45) is 4.27. The average molecular weight is 249 g/mol. The molecule has 1 saturated carbocycles. The Bertz CT molecular complexity index is 414. The molecule has 1 fully saturated rings. The first kappa shape index (κ1) is 13.3. The molecule has 0 spiro atoms. The minimum absolute atomic E-state index is 0.334. The van der Waals surface area contributed by atoms with Gasteiger partial charge in [-0.2, -0.15) is 0 Å². The SMILES string of the molecule is COC1(c2nc(C)c(C)c(N)n2)CCC(C)CC1. The lowest BCUT2D eigenvalue weighted by molar-refractivity contribution is -0.0597. The summed E-state index contributed by atoms with van der Waals surface area (Å²) >= 11 is 0. The number of anilines is 1. The third-order valence-corrected chi connectivity index (χ3v) is 4.31. The summed E-state index contributed by atoms with van der Waals surface area (Å²) in [4.78, 5) is 9.08. The van der Waals surface area contributed by atoms with Gasteiger partial charge in [-0.15, -0.1) is 0 Å². The molecule has 4 heteroatoms. The third-order valence-electron chi connectivity index (χ3n) is 4.31. The van der Waals surface area contributed by atoms with Gasteiger partial charge in [-0.3, -0.25) is 0 Å². The highest BCUT2D eigenvalue weighted by atomic mass is 16.5. The van der Waals surface area contributed by atoms with E-state index in [9.17, 15) is 0 Å². The van der Waals surface area contributed by atoms with Crippen LogP contribution < -0.4 is 5.73 Å². The summed E-state index contributed by atoms with van der Waals surface area (Å²) < 4.78 is 5.78. The Morgan fingerprint density at radius 3 is 2.33 bits per heavy atom. The van der Waals surface area contributed by atoms with Gasteiger partial charge in [-0.1, -0.05) is 6.92 Å². The number of aromatic nitrogens is 2. The predicted molar refractivity (Wildman–Crippen MR) is 72.2 cm³/mol. The van der Waals surface area contributed by atoms with Crippen molar-refractivity contribution < 1.29 is 4.74 Å². The van der Waals surface area contributed by atoms with Crippen molar-refractivity contribution in [2.24, 2.45) is 5.92 Å². The highest BCUT2D eigenvalue weighted by Crippen LogP contribution is 2.41. The van der Waals surface area contributed by atoms with Crippen LogP contribution in [0.5, 0.6) is 0 Å². The Labute approximate surface area is 109 Å². The van der Waals surface area contributed by atoms with Crippen LogP contribution in [0, 0.1) is 19.8 Å². The molecule has 2 N–H and O–H groups in total. The van der Waals surface area contributed by atoms with Crippen molar-refractivity contribution in [3.8, 4) is 0 Å². The molecule has 4 nitrogen and oxygen atoms in total. The van der Waals surface area contributed by atoms with Crippen molar-refractivity contribution in [1.82, 2.24) is 9.97 Å². The van der Waals surface area contributed by atoms with Crippen LogP contribution in [0.4, 0.5) is 5.82 Å². The predicted octanol–water partition coefficient (Wildman–Crippen LogP) is 2.73. The standard InChI is InChI=1S/C14H23N3O/c1-9-5-7-14(18-4,8-6-9)13-16-11(3)10(2)12(15)17-13/h9H,5-8H2,1-4H3,(H2,15,16,17). The van der Waals surface area contributed by atoms with Crippen LogP contribution in [-0.4, -0.2) is 17.1 Å². The molecule has 0 bridgehead atoms. The Kier molecular flexibility index (Phi) is 3.57. The quantitative estimate of drug-likeness (QED) is 0.875. The lowest BCUT2D eigenvalue weighted by Crippen LogP contribution is -2.35. The van der Waals surface area contributed by atoms with Gasteiger partial charge in [-0.05, 0) is 45.4 Å². The molecule has 0 radical (unpaired) electrons. The van der Waals surface area contributed by atoms with Gasteiger partial charge in [0.15, 0.2) is 5.82 Å². The number of ether oxygens (including phenoxy) is 1. The van der Waals surface area contributed by atoms with Gasteiger partial charge in [0, 0.05) is 18.4 Å². The van der Waals surface area contributed by atoms with Crippen LogP contribution in [0.3, 0.4) is 0 Å². The molecule has 1 aromatic heterocycles. The fourth-order valence-electron chi connectivity index (χ4n) is 2.60. The molecule has 1 aromatic rings. The van der Waals surface area contributed by atoms with Gasteiger partial charge in [0.05, 0.1) is 0 Å². The molecule has 1 heterocycles. The summed E-state index contributed by atoms with van der Waals surface area (Å²) in [6, 6.07) is 0. The second-order valence-corrected chi connectivity index (χ2v) is 5.52. The summed E-state index contributed by atoms with van der Waals surface area (Å²) in [5.74, 6) is 2.10. The van der Waals surface area contributed by atoms with Gasteiger partial charge in [0.25, 0.3) is 0 Å². The zero-order valence-corrected chi connectivity index (χ0v) is 11.8. The molecule has 1 aliphatic carbocycles. The summed E-state index contributed by atoms with van der Waals surface area (Å²) in [5.41, 5.74) is 7.55. The monoisotopic (exact) mass is 249 g/mol. The molecule has 0 amide bonds. The fraction of sp³-hybridized carbons (Fsp3) is 0.714. The molecular formula is C14H23N3O. The molecule has 0 aliphatic heterocycles. The molecule has 0 unspecified atom stereocenters. The van der Waals surface area contributed by atoms with Crippen LogP contribution in [-0.2, 0) is 10.3 Å². The van der Waals surface area contributed by atoms with Crippen LogP contribution >= 0.6 is 0 Å². The number of nitrogen functional groups attached to an aromatic ring is 1. The van der Waals surface area contributed by atoms with Gasteiger partial charge in [0.2, 0.25) is 0 Å². The maximum absolute atomic E-state index is 5.96. The number of methoxy groups -OCH3 is 1. The Morgan fingerprint density at radius 1 is 1.22 bits per heavy atom. The van der Waals surface area contributed by atoms with Gasteiger partial charge in [0.1, 0.15) is 11.4 Å². The smallest absolute Gasteiger partial charge is 0.162 e. The van der Waals surface area contributed by atoms with Crippen LogP contribution in [0.2, 0.25) is 0 Å². The normalized spacial score (nSPS) is 28.3. The number of aryl methyl sites for hydroxylation is 1. The lowest BCUT2D eigenvalue weighted by atomic mass is 9.79. The average Bonchev–Trinajstić information content (AvgIpc) is 2.37. The van der Waals surface area contributed by atoms with E-state index in [4.69, 9.17) is 10.5 Å². The van der Waals surface area contributed by atoms with Crippen molar-refractivity contribution in [3.05, 3.63) is 17.1 Å². The summed E-state index contributed by atoms with van der Waals surface area (Å²) in [6.45, 7) is 6.22. The van der Waals surface area contributed by atoms with E-state index in [1.54, 1.807) is 7.11 Å². The minimum atomic E-state index is -0.334. The fourth-order valence-corrected chi connectivity index (χ4v) is 2.60. The maximum atomic E-state index is 5.96. The van der Waals surface area contributed by atoms with Gasteiger partial charge in [-0.25, -0.2) is 9.97 Å². The number of nitrogens with two attached hydrogens (primary N) is 1. The highest BCUT2D eigenvalue weighted by molar-refractivity contribution is 5.41. The van der Waals surface area contributed by atoms with E-state index in [1.807, 2.05) is 13.8 Å². The molecule has 2 rings (SSSR count). The molecule has 0 atom stereocenters. The number of hydrogen-bond donors (Lipinski definition) is 1. The number of nitrogens with zero attached hydrogens (tertiary/aromatic N) is 2. The molecule has 18 heavy (non-hydrogen) atoms. The Hall–Kier alpha value is -1.16. The van der Waals surface area contributed by atoms with Crippen molar-refractivity contribution in [1.29, 1.82) is 0 Å². The second kappa shape index (κ2) is 4.84. The first-order valence-electron chi connectivity index (χ1n) is 6.65. The zero-order chi connectivity index (χ0) is 13.3. The topological polar surface area (TPSA) is 61.0 Å². The molecule has 100 valence electrons. The summed E-state index contributed by atoms with van der Waals surface area (Å²) in [5, 5.41) is 0. The first-order chi connectivity index (χ1) is 8.48. The molecule has 0 aromatic carbocycles. The van der Waals surface area contributed by atoms with E-state index in [-0.39, 0.29) is 5.60 Å². The molecular weight excluding hydrogens is 226 g/mol. The van der Waals surface area contributed by atoms with E-state index in [2.05, 4.69) is 16.9 Å². The summed E-state index contributed by atoms with van der Waals surface area (Å²) in [7, 11) is 1.75. The van der Waals surface area contributed by atoms with Gasteiger partial charge < -0.3 is 10.5 Å². The van der Waals surface area contributed by atoms with E-state index < -0.39 is 0 Å². The van der Waals surface area contributed by atoms with Crippen molar-refractivity contribution >= 4 is 5.82 Å². The second-order valence-electron chi connectivity index (χ2n) is 5.52. The largest absolute Gasteiger partial charge is 0.383 e. The minimum Gasteiger partial charge on any atom is -0.383 e. The number of rotatable bonds is 2. The first-order valence-corrected chi connectivity index (χ1v) is 6.65. The zero-order valence-electron chi connectivity index (χ0n) is 11.8. The van der Waals surface area contributed by atoms with Crippen molar-refractivity contribution in [3.63, 3.8) is 0 Å². The maximum Gasteiger partial charge on any atom is 0.162 e. The van der Waals surface area contributed by atoms with E-state index >= 15 is 0 Å². The Morgan fingerprint density at radius 2 is 1.83 bits per heavy atom.